The normalized spacial score (nSPS) is 12.3. The van der Waals surface area contributed by atoms with Crippen LogP contribution in [0, 0.1) is 11.6 Å². The number of halogens is 2. The van der Waals surface area contributed by atoms with Gasteiger partial charge in [0.05, 0.1) is 5.69 Å². The Balaban J connectivity index is 1.84. The Kier molecular flexibility index (Phi) is 4.15. The van der Waals surface area contributed by atoms with E-state index in [1.165, 1.54) is 40.7 Å². The van der Waals surface area contributed by atoms with Crippen LogP contribution in [0.15, 0.2) is 53.7 Å². The quantitative estimate of drug-likeness (QED) is 0.686. The fourth-order valence-corrected chi connectivity index (χ4v) is 2.92. The second-order valence-electron chi connectivity index (χ2n) is 4.66. The average Bonchev–Trinajstić information content (AvgIpc) is 2.96. The molecule has 0 saturated carbocycles. The molecule has 0 N–H and O–H groups in total. The number of hydrogen-bond acceptors (Lipinski definition) is 4. The van der Waals surface area contributed by atoms with Gasteiger partial charge in [-0.1, -0.05) is 30.0 Å². The van der Waals surface area contributed by atoms with E-state index in [9.17, 15) is 8.78 Å². The molecule has 1 aromatic heterocycles. The molecule has 0 aliphatic carbocycles. The van der Waals surface area contributed by atoms with E-state index < -0.39 is 0 Å². The van der Waals surface area contributed by atoms with Crippen LogP contribution < -0.4 is 0 Å². The van der Waals surface area contributed by atoms with Crippen molar-refractivity contribution in [3.8, 4) is 5.69 Å². The topological polar surface area (TPSA) is 43.6 Å². The van der Waals surface area contributed by atoms with Gasteiger partial charge in [0, 0.05) is 5.25 Å². The summed E-state index contributed by atoms with van der Waals surface area (Å²) in [4.78, 5) is 0. The fourth-order valence-electron chi connectivity index (χ4n) is 1.98. The van der Waals surface area contributed by atoms with Gasteiger partial charge in [-0.2, -0.15) is 4.68 Å². The van der Waals surface area contributed by atoms with Crippen LogP contribution >= 0.6 is 11.8 Å². The van der Waals surface area contributed by atoms with Crippen molar-refractivity contribution in [2.75, 3.05) is 0 Å². The first kappa shape index (κ1) is 14.6. The summed E-state index contributed by atoms with van der Waals surface area (Å²) < 4.78 is 27.8. The van der Waals surface area contributed by atoms with Crippen molar-refractivity contribution in [2.45, 2.75) is 17.3 Å². The Morgan fingerprint density at radius 3 is 2.55 bits per heavy atom. The molecule has 1 atom stereocenters. The molecule has 7 heteroatoms. The minimum atomic E-state index is -0.351. The van der Waals surface area contributed by atoms with Gasteiger partial charge in [0.1, 0.15) is 11.6 Å². The Morgan fingerprint density at radius 1 is 1.05 bits per heavy atom. The van der Waals surface area contributed by atoms with Crippen molar-refractivity contribution >= 4 is 11.8 Å². The van der Waals surface area contributed by atoms with E-state index >= 15 is 0 Å². The van der Waals surface area contributed by atoms with Gasteiger partial charge < -0.3 is 0 Å². The molecule has 3 aromatic rings. The van der Waals surface area contributed by atoms with Gasteiger partial charge in [-0.15, -0.1) is 5.10 Å². The summed E-state index contributed by atoms with van der Waals surface area (Å²) in [7, 11) is 0. The minimum Gasteiger partial charge on any atom is -0.207 e. The minimum absolute atomic E-state index is 0.0268. The van der Waals surface area contributed by atoms with E-state index in [0.717, 1.165) is 5.56 Å². The first-order valence-electron chi connectivity index (χ1n) is 6.60. The van der Waals surface area contributed by atoms with Gasteiger partial charge in [0.2, 0.25) is 5.16 Å². The van der Waals surface area contributed by atoms with E-state index in [0.29, 0.717) is 10.8 Å². The van der Waals surface area contributed by atoms with E-state index in [2.05, 4.69) is 15.5 Å². The van der Waals surface area contributed by atoms with Crippen LogP contribution in [-0.2, 0) is 0 Å². The number of rotatable bonds is 4. The second kappa shape index (κ2) is 6.23. The Labute approximate surface area is 130 Å². The smallest absolute Gasteiger partial charge is 0.207 e. The molecule has 3 rings (SSSR count). The van der Waals surface area contributed by atoms with E-state index in [1.54, 1.807) is 24.3 Å². The first-order chi connectivity index (χ1) is 10.6. The SMILES string of the molecule is C[C@H](Sc1nnnn1-c1cccc(F)c1)c1ccc(F)cc1. The predicted molar refractivity (Wildman–Crippen MR) is 79.8 cm³/mol. The van der Waals surface area contributed by atoms with E-state index in [-0.39, 0.29) is 16.9 Å². The monoisotopic (exact) mass is 318 g/mol. The van der Waals surface area contributed by atoms with Crippen molar-refractivity contribution in [3.63, 3.8) is 0 Å². The van der Waals surface area contributed by atoms with Crippen LogP contribution in [0.2, 0.25) is 0 Å². The lowest BCUT2D eigenvalue weighted by Gasteiger charge is -2.11. The summed E-state index contributed by atoms with van der Waals surface area (Å²) in [5.41, 5.74) is 1.51. The van der Waals surface area contributed by atoms with Crippen LogP contribution in [0.3, 0.4) is 0 Å². The molecule has 0 aliphatic heterocycles. The lowest BCUT2D eigenvalue weighted by Crippen LogP contribution is -2.00. The number of benzene rings is 2. The second-order valence-corrected chi connectivity index (χ2v) is 5.97. The highest BCUT2D eigenvalue weighted by molar-refractivity contribution is 7.99. The van der Waals surface area contributed by atoms with Crippen LogP contribution in [0.5, 0.6) is 0 Å². The maximum Gasteiger partial charge on any atom is 0.214 e. The number of thioether (sulfide) groups is 1. The molecular formula is C15H12F2N4S. The van der Waals surface area contributed by atoms with Gasteiger partial charge in [-0.25, -0.2) is 8.78 Å². The molecule has 1 heterocycles. The third kappa shape index (κ3) is 3.14. The first-order valence-corrected chi connectivity index (χ1v) is 7.48. The van der Waals surface area contributed by atoms with Gasteiger partial charge >= 0.3 is 0 Å². The zero-order chi connectivity index (χ0) is 15.5. The zero-order valence-corrected chi connectivity index (χ0v) is 12.5. The lowest BCUT2D eigenvalue weighted by molar-refractivity contribution is 0.623. The summed E-state index contributed by atoms with van der Waals surface area (Å²) in [6.07, 6.45) is 0. The lowest BCUT2D eigenvalue weighted by atomic mass is 10.2. The summed E-state index contributed by atoms with van der Waals surface area (Å²) in [6.45, 7) is 1.97. The van der Waals surface area contributed by atoms with E-state index in [1.807, 2.05) is 6.92 Å². The summed E-state index contributed by atoms with van der Waals surface area (Å²) in [5, 5.41) is 12.1. The molecule has 0 spiro atoms. The molecule has 0 unspecified atom stereocenters. The maximum atomic E-state index is 13.3. The van der Waals surface area contributed by atoms with Gasteiger partial charge in [-0.3, -0.25) is 0 Å². The van der Waals surface area contributed by atoms with Crippen molar-refractivity contribution in [1.82, 2.24) is 20.2 Å². The van der Waals surface area contributed by atoms with Crippen molar-refractivity contribution in [1.29, 1.82) is 0 Å². The van der Waals surface area contributed by atoms with Crippen LogP contribution in [0.25, 0.3) is 5.69 Å². The van der Waals surface area contributed by atoms with E-state index in [4.69, 9.17) is 0 Å². The predicted octanol–water partition coefficient (Wildman–Crippen LogP) is 3.79. The van der Waals surface area contributed by atoms with Crippen LogP contribution in [-0.4, -0.2) is 20.2 Å². The molecule has 112 valence electrons. The molecule has 0 aliphatic rings. The molecule has 0 bridgehead atoms. The molecule has 0 saturated heterocycles. The van der Waals surface area contributed by atoms with Gasteiger partial charge in [0.25, 0.3) is 0 Å². The molecule has 0 fully saturated rings. The highest BCUT2D eigenvalue weighted by atomic mass is 32.2. The zero-order valence-electron chi connectivity index (χ0n) is 11.6. The summed E-state index contributed by atoms with van der Waals surface area (Å²) >= 11 is 1.42. The van der Waals surface area contributed by atoms with Crippen LogP contribution in [0.1, 0.15) is 17.7 Å². The molecule has 0 amide bonds. The molecule has 0 radical (unpaired) electrons. The summed E-state index contributed by atoms with van der Waals surface area (Å²) in [6, 6.07) is 12.3. The van der Waals surface area contributed by atoms with Crippen LogP contribution in [0.4, 0.5) is 8.78 Å². The number of tetrazole rings is 1. The average molecular weight is 318 g/mol. The molecule has 4 nitrogen and oxygen atoms in total. The van der Waals surface area contributed by atoms with Gasteiger partial charge in [-0.05, 0) is 53.2 Å². The molecule has 2 aromatic carbocycles. The Hall–Kier alpha value is -2.28. The third-order valence-electron chi connectivity index (χ3n) is 3.12. The molecule has 22 heavy (non-hydrogen) atoms. The Morgan fingerprint density at radius 2 is 1.82 bits per heavy atom. The number of nitrogens with zero attached hydrogens (tertiary/aromatic N) is 4. The number of aromatic nitrogens is 4. The number of hydrogen-bond donors (Lipinski definition) is 0. The Bertz CT molecular complexity index is 773. The highest BCUT2D eigenvalue weighted by Gasteiger charge is 2.15. The third-order valence-corrected chi connectivity index (χ3v) is 4.21. The largest absolute Gasteiger partial charge is 0.214 e. The highest BCUT2D eigenvalue weighted by Crippen LogP contribution is 2.34. The van der Waals surface area contributed by atoms with Gasteiger partial charge in [0.15, 0.2) is 0 Å². The summed E-state index contributed by atoms with van der Waals surface area (Å²) in [5.74, 6) is -0.624. The maximum absolute atomic E-state index is 13.3. The standard InChI is InChI=1S/C15H12F2N4S/c1-10(11-5-7-12(16)8-6-11)22-15-18-19-20-21(15)14-4-2-3-13(17)9-14/h2-10H,1H3/t10-/m0/s1. The molecular weight excluding hydrogens is 306 g/mol. The van der Waals surface area contributed by atoms with Crippen molar-refractivity contribution < 1.29 is 8.78 Å². The van der Waals surface area contributed by atoms with Crippen molar-refractivity contribution in [2.24, 2.45) is 0 Å². The van der Waals surface area contributed by atoms with Crippen molar-refractivity contribution in [3.05, 3.63) is 65.7 Å². The fraction of sp³-hybridized carbons (Fsp3) is 0.133.